The van der Waals surface area contributed by atoms with Crippen molar-refractivity contribution in [2.45, 2.75) is 151 Å². The number of aromatic nitrogens is 1. The fraction of sp³-hybridized carbons (Fsp3) is 0.634. The zero-order chi connectivity index (χ0) is 39.0. The Balaban J connectivity index is 1.14. The van der Waals surface area contributed by atoms with Crippen molar-refractivity contribution < 1.29 is 37.1 Å². The van der Waals surface area contributed by atoms with Crippen LogP contribution < -0.4 is 20.1 Å². The molecule has 0 bridgehead atoms. The van der Waals surface area contributed by atoms with E-state index in [2.05, 4.69) is 21.4 Å². The fourth-order valence-corrected chi connectivity index (χ4v) is 9.90. The van der Waals surface area contributed by atoms with E-state index in [-0.39, 0.29) is 25.3 Å². The SMILES string of the molecule is CC(C)(C)OC(=O)N[C@H]1CCCCC/C=C\C2CC2(C(=O)NS(=O)(=O)C2(C)CC2)NC(=O)C2C[C@]3(CCc4c(c(C5CC5)nc5ccccc45)O3)CN2C1=O. The van der Waals surface area contributed by atoms with Gasteiger partial charge in [-0.1, -0.05) is 43.2 Å². The average molecular weight is 776 g/mol. The van der Waals surface area contributed by atoms with E-state index in [4.69, 9.17) is 14.5 Å². The van der Waals surface area contributed by atoms with E-state index in [0.717, 1.165) is 53.6 Å². The van der Waals surface area contributed by atoms with Crippen LogP contribution in [0, 0.1) is 5.92 Å². The van der Waals surface area contributed by atoms with Crippen molar-refractivity contribution in [1.29, 1.82) is 0 Å². The van der Waals surface area contributed by atoms with E-state index in [0.29, 0.717) is 44.9 Å². The van der Waals surface area contributed by atoms with Gasteiger partial charge in [-0.15, -0.1) is 0 Å². The lowest BCUT2D eigenvalue weighted by molar-refractivity contribution is -0.141. The maximum absolute atomic E-state index is 14.8. The molecule has 296 valence electrons. The summed E-state index contributed by atoms with van der Waals surface area (Å²) in [5, 5.41) is 6.81. The summed E-state index contributed by atoms with van der Waals surface area (Å²) in [6, 6.07) is 6.00. The molecule has 3 aliphatic carbocycles. The van der Waals surface area contributed by atoms with Crippen LogP contribution in [0.25, 0.3) is 10.9 Å². The van der Waals surface area contributed by atoms with Crippen molar-refractivity contribution in [3.63, 3.8) is 0 Å². The van der Waals surface area contributed by atoms with Crippen LogP contribution in [0.2, 0.25) is 0 Å². The van der Waals surface area contributed by atoms with Crippen molar-refractivity contribution in [2.24, 2.45) is 5.92 Å². The van der Waals surface area contributed by atoms with E-state index in [1.165, 1.54) is 4.90 Å². The number of benzene rings is 1. The monoisotopic (exact) mass is 775 g/mol. The van der Waals surface area contributed by atoms with Gasteiger partial charge in [0.2, 0.25) is 21.8 Å². The lowest BCUT2D eigenvalue weighted by Crippen LogP contribution is -2.58. The molecule has 4 amide bonds. The molecule has 3 unspecified atom stereocenters. The highest BCUT2D eigenvalue weighted by molar-refractivity contribution is 7.91. The molecular formula is C41H53N5O8S. The van der Waals surface area contributed by atoms with Gasteiger partial charge in [0.15, 0.2) is 0 Å². The molecule has 55 heavy (non-hydrogen) atoms. The van der Waals surface area contributed by atoms with Crippen LogP contribution in [0.5, 0.6) is 5.75 Å². The number of pyridine rings is 1. The first-order chi connectivity index (χ1) is 26.0. The lowest BCUT2D eigenvalue weighted by atomic mass is 9.86. The van der Waals surface area contributed by atoms with Gasteiger partial charge >= 0.3 is 6.09 Å². The third kappa shape index (κ3) is 7.31. The molecule has 13 nitrogen and oxygen atoms in total. The summed E-state index contributed by atoms with van der Waals surface area (Å²) in [5.41, 5.74) is -0.320. The number of carbonyl (C=O) groups excluding carboxylic acids is 4. The predicted molar refractivity (Wildman–Crippen MR) is 205 cm³/mol. The van der Waals surface area contributed by atoms with Crippen LogP contribution in [0.15, 0.2) is 36.4 Å². The molecule has 3 aliphatic heterocycles. The summed E-state index contributed by atoms with van der Waals surface area (Å²) in [4.78, 5) is 63.2. The minimum absolute atomic E-state index is 0.0854. The zero-order valence-corrected chi connectivity index (χ0v) is 33.1. The van der Waals surface area contributed by atoms with Crippen LogP contribution in [-0.4, -0.2) is 82.2 Å². The molecule has 0 radical (unpaired) electrons. The number of carbonyl (C=O) groups is 4. The molecule has 4 fully saturated rings. The second-order valence-corrected chi connectivity index (χ2v) is 20.2. The number of amides is 4. The number of nitrogens with one attached hydrogen (secondary N) is 3. The molecule has 1 saturated heterocycles. The van der Waals surface area contributed by atoms with Gasteiger partial charge in [-0.3, -0.25) is 19.1 Å². The van der Waals surface area contributed by atoms with Gasteiger partial charge in [0, 0.05) is 29.2 Å². The quantitative estimate of drug-likeness (QED) is 0.351. The van der Waals surface area contributed by atoms with Gasteiger partial charge in [0.25, 0.3) is 5.91 Å². The number of para-hydroxylation sites is 1. The van der Waals surface area contributed by atoms with E-state index < -0.39 is 73.3 Å². The summed E-state index contributed by atoms with van der Waals surface area (Å²) in [5.74, 6) is -1.17. The summed E-state index contributed by atoms with van der Waals surface area (Å²) in [6.07, 6.45) is 10.9. The normalized spacial score (nSPS) is 31.1. The van der Waals surface area contributed by atoms with Crippen LogP contribution in [0.1, 0.15) is 122 Å². The Kier molecular flexibility index (Phi) is 9.24. The first kappa shape index (κ1) is 37.7. The summed E-state index contributed by atoms with van der Waals surface area (Å²) < 4.78 is 40.4. The first-order valence-electron chi connectivity index (χ1n) is 20.0. The summed E-state index contributed by atoms with van der Waals surface area (Å²) in [6.45, 7) is 6.95. The first-order valence-corrected chi connectivity index (χ1v) is 21.5. The van der Waals surface area contributed by atoms with Crippen molar-refractivity contribution in [3.05, 3.63) is 47.7 Å². The van der Waals surface area contributed by atoms with Gasteiger partial charge in [-0.2, -0.15) is 0 Å². The highest BCUT2D eigenvalue weighted by Gasteiger charge is 2.64. The molecule has 5 atom stereocenters. The molecule has 3 saturated carbocycles. The Hall–Kier alpha value is -4.20. The predicted octanol–water partition coefficient (Wildman–Crippen LogP) is 5.06. The number of sulfonamides is 1. The smallest absolute Gasteiger partial charge is 0.408 e. The van der Waals surface area contributed by atoms with E-state index >= 15 is 0 Å². The van der Waals surface area contributed by atoms with Crippen molar-refractivity contribution >= 4 is 44.7 Å². The van der Waals surface area contributed by atoms with E-state index in [1.807, 2.05) is 30.4 Å². The number of aryl methyl sites for hydroxylation is 1. The molecule has 6 aliphatic rings. The Morgan fingerprint density at radius 2 is 1.80 bits per heavy atom. The second-order valence-electron chi connectivity index (χ2n) is 18.0. The van der Waals surface area contributed by atoms with Crippen LogP contribution in [0.4, 0.5) is 4.79 Å². The Morgan fingerprint density at radius 3 is 2.53 bits per heavy atom. The number of fused-ring (bicyclic) bond motifs is 5. The van der Waals surface area contributed by atoms with E-state index in [1.54, 1.807) is 27.7 Å². The van der Waals surface area contributed by atoms with Crippen LogP contribution in [-0.2, 0) is 35.6 Å². The molecular weight excluding hydrogens is 723 g/mol. The number of ether oxygens (including phenoxy) is 2. The molecule has 2 aromatic rings. The van der Waals surface area contributed by atoms with Crippen molar-refractivity contribution in [1.82, 2.24) is 25.2 Å². The number of allylic oxidation sites excluding steroid dienone is 1. The number of nitrogens with zero attached hydrogens (tertiary/aromatic N) is 2. The third-order valence-corrected chi connectivity index (χ3v) is 14.6. The molecule has 1 spiro atoms. The lowest BCUT2D eigenvalue weighted by Gasteiger charge is -2.37. The number of rotatable bonds is 5. The minimum Gasteiger partial charge on any atom is -0.483 e. The standard InChI is InChI=1S/C41H53N5O8S/c1-38(2,3)54-37(50)43-30-15-9-7-5-6-8-12-26-22-41(26,36(49)45-55(51,52)39(4)20-21-39)44-34(47)31-23-40(24-46(31)35(30)48)19-18-28-27-13-10-11-14-29(27)42-32(25-16-17-25)33(28)53-40/h8,10-14,25-26,30-31H,5-7,9,15-24H2,1-4H3,(H,43,50)(H,44,47)(H,45,49)/b12-8-/t26?,30-,31?,40+,41?/m0/s1. The van der Waals surface area contributed by atoms with Crippen LogP contribution >= 0.6 is 0 Å². The molecule has 4 heterocycles. The molecule has 14 heteroatoms. The van der Waals surface area contributed by atoms with Gasteiger partial charge in [-0.05, 0) is 98.0 Å². The van der Waals surface area contributed by atoms with Gasteiger partial charge in [0.1, 0.15) is 34.6 Å². The Bertz CT molecular complexity index is 2070. The average Bonchev–Trinajstić information content (AvgIpc) is 4.05. The number of hydrogen-bond donors (Lipinski definition) is 3. The van der Waals surface area contributed by atoms with Crippen molar-refractivity contribution in [3.8, 4) is 5.75 Å². The van der Waals surface area contributed by atoms with Gasteiger partial charge in [0.05, 0.1) is 22.5 Å². The van der Waals surface area contributed by atoms with E-state index in [9.17, 15) is 27.6 Å². The topological polar surface area (TPSA) is 173 Å². The third-order valence-electron chi connectivity index (χ3n) is 12.4. The summed E-state index contributed by atoms with van der Waals surface area (Å²) in [7, 11) is -3.98. The summed E-state index contributed by atoms with van der Waals surface area (Å²) >= 11 is 0. The largest absolute Gasteiger partial charge is 0.483 e. The zero-order valence-electron chi connectivity index (χ0n) is 32.2. The Labute approximate surface area is 322 Å². The second kappa shape index (κ2) is 13.5. The molecule has 1 aromatic heterocycles. The molecule has 3 N–H and O–H groups in total. The van der Waals surface area contributed by atoms with Gasteiger partial charge < -0.3 is 25.0 Å². The molecule has 1 aromatic carbocycles. The van der Waals surface area contributed by atoms with Crippen molar-refractivity contribution in [2.75, 3.05) is 6.54 Å². The maximum Gasteiger partial charge on any atom is 0.408 e. The number of hydrogen-bond acceptors (Lipinski definition) is 9. The highest BCUT2D eigenvalue weighted by atomic mass is 32.2. The fourth-order valence-electron chi connectivity index (χ4n) is 8.59. The minimum atomic E-state index is -3.98. The molecule has 8 rings (SSSR count). The highest BCUT2D eigenvalue weighted by Crippen LogP contribution is 2.52. The number of alkyl carbamates (subject to hydrolysis) is 1. The maximum atomic E-state index is 14.8. The van der Waals surface area contributed by atoms with Gasteiger partial charge in [-0.25, -0.2) is 18.2 Å². The van der Waals surface area contributed by atoms with Crippen LogP contribution in [0.3, 0.4) is 0 Å². The Morgan fingerprint density at radius 1 is 1.04 bits per heavy atom.